The van der Waals surface area contributed by atoms with Crippen LogP contribution in [0.5, 0.6) is 0 Å². The van der Waals surface area contributed by atoms with Gasteiger partial charge in [-0.25, -0.2) is 9.78 Å². The van der Waals surface area contributed by atoms with E-state index in [1.165, 1.54) is 22.3 Å². The second kappa shape index (κ2) is 8.96. The molecule has 0 radical (unpaired) electrons. The number of ketones is 1. The topological polar surface area (TPSA) is 90.6 Å². The maximum Gasteiger partial charge on any atom is 0.320 e. The van der Waals surface area contributed by atoms with Crippen LogP contribution in [0.3, 0.4) is 0 Å². The van der Waals surface area contributed by atoms with Crippen LogP contribution in [0.15, 0.2) is 30.6 Å². The first-order valence-corrected chi connectivity index (χ1v) is 13.5. The van der Waals surface area contributed by atoms with Crippen molar-refractivity contribution >= 4 is 22.8 Å². The zero-order valence-electron chi connectivity index (χ0n) is 21.3. The van der Waals surface area contributed by atoms with Gasteiger partial charge in [0.25, 0.3) is 0 Å². The number of H-pyrrole nitrogens is 1. The number of Topliss-reactive ketones (excluding diaryl/α,β-unsaturated/α-hetero) is 1. The molecule has 4 fully saturated rings. The summed E-state index contributed by atoms with van der Waals surface area (Å²) in [7, 11) is 0. The highest BCUT2D eigenvalue weighted by molar-refractivity contribution is 5.87. The number of nitrogens with one attached hydrogen (secondary N) is 2. The predicted octanol–water partition coefficient (Wildman–Crippen LogP) is 3.73. The van der Waals surface area contributed by atoms with Crippen LogP contribution in [0, 0.1) is 12.8 Å². The quantitative estimate of drug-likeness (QED) is 0.561. The van der Waals surface area contributed by atoms with Gasteiger partial charge < -0.3 is 24.8 Å². The van der Waals surface area contributed by atoms with Gasteiger partial charge in [-0.15, -0.1) is 0 Å². The van der Waals surface area contributed by atoms with E-state index in [1.807, 2.05) is 22.2 Å². The minimum absolute atomic E-state index is 0.0299. The second-order valence-corrected chi connectivity index (χ2v) is 11.1. The number of hydrogen-bond donors (Lipinski definition) is 2. The van der Waals surface area contributed by atoms with Crippen molar-refractivity contribution in [1.82, 2.24) is 25.1 Å². The summed E-state index contributed by atoms with van der Waals surface area (Å²) in [6, 6.07) is 7.03. The standard InChI is InChI=1S/C29H33N5O3/c1-17-12-31-28-23(17)10-21(13-32-28)20-8-18-4-6-33(15-25(18)24(9-20)26-16-37-7-5-30-26)29(36)34-14-19-2-3-22(34)11-27(19)35/h8-10,12-13,19,22,26,30H,2-7,11,14-16H2,1H3,(H,31,32). The minimum Gasteiger partial charge on any atom is -0.378 e. The van der Waals surface area contributed by atoms with Crippen molar-refractivity contribution in [1.29, 1.82) is 0 Å². The van der Waals surface area contributed by atoms with E-state index < -0.39 is 0 Å². The number of aromatic amines is 1. The minimum atomic E-state index is 0.0299. The van der Waals surface area contributed by atoms with Crippen LogP contribution in [0.4, 0.5) is 4.79 Å². The van der Waals surface area contributed by atoms with Gasteiger partial charge in [0, 0.05) is 67.9 Å². The van der Waals surface area contributed by atoms with Crippen LogP contribution in [0.25, 0.3) is 22.2 Å². The van der Waals surface area contributed by atoms with Crippen molar-refractivity contribution in [3.63, 3.8) is 0 Å². The zero-order chi connectivity index (χ0) is 25.1. The molecule has 5 aliphatic rings. The number of carbonyl (C=O) groups is 2. The highest BCUT2D eigenvalue weighted by Gasteiger charge is 2.43. The van der Waals surface area contributed by atoms with Crippen molar-refractivity contribution < 1.29 is 14.3 Å². The van der Waals surface area contributed by atoms with Crippen LogP contribution in [-0.2, 0) is 22.5 Å². The molecule has 3 atom stereocenters. The normalized spacial score (nSPS) is 25.5. The lowest BCUT2D eigenvalue weighted by molar-refractivity contribution is -0.131. The Morgan fingerprint density at radius 3 is 2.89 bits per heavy atom. The lowest BCUT2D eigenvalue weighted by Gasteiger charge is -2.46. The van der Waals surface area contributed by atoms with Gasteiger partial charge in [0.05, 0.1) is 19.3 Å². The molecule has 2 N–H and O–H groups in total. The van der Waals surface area contributed by atoms with Gasteiger partial charge >= 0.3 is 6.03 Å². The van der Waals surface area contributed by atoms with Crippen LogP contribution in [-0.4, -0.2) is 70.5 Å². The van der Waals surface area contributed by atoms with E-state index >= 15 is 0 Å². The maximum absolute atomic E-state index is 13.7. The first-order valence-electron chi connectivity index (χ1n) is 13.5. The Kier molecular flexibility index (Phi) is 5.55. The molecule has 0 spiro atoms. The number of urea groups is 1. The Morgan fingerprint density at radius 2 is 2.11 bits per heavy atom. The SMILES string of the molecule is Cc1c[nH]c2ncc(-c3cc4c(c(C5COCCN5)c3)CN(C(=O)N3CC5CCC3CC5=O)CC4)cc12. The summed E-state index contributed by atoms with van der Waals surface area (Å²) >= 11 is 0. The number of aryl methyl sites for hydroxylation is 1. The molecule has 2 aromatic heterocycles. The van der Waals surface area contributed by atoms with E-state index in [1.54, 1.807) is 0 Å². The number of carbonyl (C=O) groups excluding carboxylic acids is 2. The van der Waals surface area contributed by atoms with Crippen molar-refractivity contribution in [2.45, 2.75) is 51.2 Å². The molecule has 1 saturated carbocycles. The molecule has 2 bridgehead atoms. The number of morpholine rings is 1. The highest BCUT2D eigenvalue weighted by Crippen LogP contribution is 2.37. The summed E-state index contributed by atoms with van der Waals surface area (Å²) in [5.74, 6) is 0.368. The molecule has 8 nitrogen and oxygen atoms in total. The Morgan fingerprint density at radius 1 is 1.19 bits per heavy atom. The molecule has 8 rings (SSSR count). The molecule has 4 aliphatic heterocycles. The number of benzene rings is 1. The summed E-state index contributed by atoms with van der Waals surface area (Å²) in [6.07, 6.45) is 7.16. The molecule has 1 aromatic carbocycles. The van der Waals surface area contributed by atoms with E-state index in [4.69, 9.17) is 4.74 Å². The van der Waals surface area contributed by atoms with Crippen molar-refractivity contribution in [3.05, 3.63) is 52.8 Å². The largest absolute Gasteiger partial charge is 0.378 e. The highest BCUT2D eigenvalue weighted by atomic mass is 16.5. The van der Waals surface area contributed by atoms with Gasteiger partial charge in [0.15, 0.2) is 0 Å². The summed E-state index contributed by atoms with van der Waals surface area (Å²) in [5.41, 5.74) is 8.09. The average Bonchev–Trinajstić information content (AvgIpc) is 3.32. The van der Waals surface area contributed by atoms with Gasteiger partial charge in [-0.2, -0.15) is 0 Å². The molecule has 6 heterocycles. The number of nitrogens with zero attached hydrogens (tertiary/aromatic N) is 3. The number of fused-ring (bicyclic) bond motifs is 5. The third-order valence-corrected chi connectivity index (χ3v) is 8.86. The van der Waals surface area contributed by atoms with Crippen molar-refractivity contribution in [3.8, 4) is 11.1 Å². The molecule has 192 valence electrons. The average molecular weight is 500 g/mol. The fourth-order valence-electron chi connectivity index (χ4n) is 6.71. The summed E-state index contributed by atoms with van der Waals surface area (Å²) in [5, 5.41) is 4.78. The molecule has 3 unspecified atom stereocenters. The van der Waals surface area contributed by atoms with Crippen LogP contribution in [0.1, 0.15) is 47.6 Å². The van der Waals surface area contributed by atoms with Crippen LogP contribution in [0.2, 0.25) is 0 Å². The summed E-state index contributed by atoms with van der Waals surface area (Å²) in [4.78, 5) is 37.8. The Balaban J connectivity index is 1.23. The third kappa shape index (κ3) is 3.94. The van der Waals surface area contributed by atoms with Gasteiger partial charge in [0.2, 0.25) is 0 Å². The lowest BCUT2D eigenvalue weighted by atomic mass is 9.79. The van der Waals surface area contributed by atoms with E-state index in [9.17, 15) is 9.59 Å². The number of pyridine rings is 1. The molecular weight excluding hydrogens is 466 g/mol. The first kappa shape index (κ1) is 22.9. The second-order valence-electron chi connectivity index (χ2n) is 11.1. The number of aromatic nitrogens is 2. The van der Waals surface area contributed by atoms with Gasteiger partial charge in [-0.3, -0.25) is 4.79 Å². The number of ether oxygens (including phenoxy) is 1. The first-order chi connectivity index (χ1) is 18.0. The predicted molar refractivity (Wildman–Crippen MR) is 140 cm³/mol. The molecule has 1 aliphatic carbocycles. The molecule has 8 heteroatoms. The number of piperidine rings is 2. The van der Waals surface area contributed by atoms with E-state index in [2.05, 4.69) is 40.4 Å². The summed E-state index contributed by atoms with van der Waals surface area (Å²) in [6.45, 7) is 6.12. The Hall–Kier alpha value is -3.23. The molecular formula is C29H33N5O3. The van der Waals surface area contributed by atoms with E-state index in [0.717, 1.165) is 48.0 Å². The van der Waals surface area contributed by atoms with E-state index in [-0.39, 0.29) is 24.0 Å². The van der Waals surface area contributed by atoms with Gasteiger partial charge in [-0.1, -0.05) is 6.07 Å². The number of amides is 2. The summed E-state index contributed by atoms with van der Waals surface area (Å²) < 4.78 is 5.85. The van der Waals surface area contributed by atoms with Crippen molar-refractivity contribution in [2.75, 3.05) is 32.8 Å². The molecule has 3 saturated heterocycles. The lowest BCUT2D eigenvalue weighted by Crippen LogP contribution is -2.58. The van der Waals surface area contributed by atoms with Crippen molar-refractivity contribution in [2.24, 2.45) is 5.92 Å². The third-order valence-electron chi connectivity index (χ3n) is 8.86. The number of hydrogen-bond acceptors (Lipinski definition) is 5. The van der Waals surface area contributed by atoms with E-state index in [0.29, 0.717) is 45.1 Å². The fourth-order valence-corrected chi connectivity index (χ4v) is 6.71. The fraction of sp³-hybridized carbons (Fsp3) is 0.483. The Bertz CT molecular complexity index is 1390. The smallest absolute Gasteiger partial charge is 0.320 e. The zero-order valence-corrected chi connectivity index (χ0v) is 21.3. The maximum atomic E-state index is 13.7. The van der Waals surface area contributed by atoms with Crippen LogP contribution < -0.4 is 5.32 Å². The molecule has 2 amide bonds. The monoisotopic (exact) mass is 499 g/mol. The molecule has 37 heavy (non-hydrogen) atoms. The Labute approximate surface area is 216 Å². The van der Waals surface area contributed by atoms with Crippen LogP contribution >= 0.6 is 0 Å². The number of rotatable bonds is 2. The van der Waals surface area contributed by atoms with Gasteiger partial charge in [0.1, 0.15) is 11.4 Å². The molecule has 3 aromatic rings. The van der Waals surface area contributed by atoms with Gasteiger partial charge in [-0.05, 0) is 66.1 Å².